The summed E-state index contributed by atoms with van der Waals surface area (Å²) < 4.78 is 5.69. The largest absolute Gasteiger partial charge is 0.507 e. The minimum absolute atomic E-state index is 0.0740. The van der Waals surface area contributed by atoms with Gasteiger partial charge in [0.2, 0.25) is 0 Å². The molecular weight excluding hydrogens is 456 g/mol. The van der Waals surface area contributed by atoms with Gasteiger partial charge in [0, 0.05) is 28.7 Å². The lowest BCUT2D eigenvalue weighted by Gasteiger charge is -2.15. The number of benzene rings is 3. The molecule has 3 aromatic carbocycles. The maximum absolute atomic E-state index is 11.4. The van der Waals surface area contributed by atoms with Gasteiger partial charge < -0.3 is 30.3 Å². The fourth-order valence-electron chi connectivity index (χ4n) is 3.90. The molecule has 0 unspecified atom stereocenters. The summed E-state index contributed by atoms with van der Waals surface area (Å²) in [4.78, 5) is 22.2. The van der Waals surface area contributed by atoms with Crippen molar-refractivity contribution in [3.8, 4) is 11.5 Å². The average Bonchev–Trinajstić information content (AvgIpc) is 2.87. The van der Waals surface area contributed by atoms with Crippen LogP contribution < -0.4 is 0 Å². The smallest absolute Gasteiger partial charge is 0.126 e. The number of aliphatic hydroxyl groups excluding tert-OH is 3. The predicted molar refractivity (Wildman–Crippen MR) is 127 cm³/mol. The first kappa shape index (κ1) is 25.9. The van der Waals surface area contributed by atoms with E-state index in [0.717, 1.165) is 0 Å². The van der Waals surface area contributed by atoms with Gasteiger partial charge in [-0.2, -0.15) is 4.91 Å². The average molecular weight is 482 g/mol. The van der Waals surface area contributed by atoms with Gasteiger partial charge >= 0.3 is 0 Å². The fraction of sp³-hybridized carbons (Fsp3) is 0.280. The number of rotatable bonds is 12. The summed E-state index contributed by atoms with van der Waals surface area (Å²) in [5, 5.41) is 55.4. The highest BCUT2D eigenvalue weighted by Crippen LogP contribution is 2.33. The molecule has 0 fully saturated rings. The molecule has 0 aromatic heterocycles. The molecule has 0 radical (unpaired) electrons. The Balaban J connectivity index is 1.88. The number of nitrogens with zero attached hydrogens (tertiary/aromatic N) is 2. The van der Waals surface area contributed by atoms with Gasteiger partial charge in [0.05, 0.1) is 33.0 Å². The molecule has 0 spiro atoms. The highest BCUT2D eigenvalue weighted by molar-refractivity contribution is 5.56. The Morgan fingerprint density at radius 1 is 0.686 bits per heavy atom. The van der Waals surface area contributed by atoms with Crippen LogP contribution in [0.1, 0.15) is 44.5 Å². The number of ether oxygens (including phenoxy) is 1. The van der Waals surface area contributed by atoms with Gasteiger partial charge in [-0.25, -0.2) is 0 Å². The van der Waals surface area contributed by atoms with E-state index in [0.29, 0.717) is 38.9 Å². The zero-order valence-electron chi connectivity index (χ0n) is 18.8. The van der Waals surface area contributed by atoms with Crippen molar-refractivity contribution in [3.05, 3.63) is 96.8 Å². The molecule has 0 atom stereocenters. The Labute approximate surface area is 201 Å². The summed E-state index contributed by atoms with van der Waals surface area (Å²) >= 11 is 0. The molecule has 3 rings (SSSR count). The van der Waals surface area contributed by atoms with Gasteiger partial charge in [0.15, 0.2) is 0 Å². The molecule has 0 aliphatic heterocycles. The number of nitroso groups, excluding NO2 is 2. The van der Waals surface area contributed by atoms with Crippen LogP contribution in [0.5, 0.6) is 11.5 Å². The molecule has 0 aliphatic rings. The van der Waals surface area contributed by atoms with Crippen molar-refractivity contribution in [2.45, 2.75) is 46.0 Å². The number of phenolic OH excluding ortho intramolecular Hbond substituents is 1. The second kappa shape index (κ2) is 12.1. The van der Waals surface area contributed by atoms with Crippen LogP contribution in [0, 0.1) is 9.81 Å². The first-order chi connectivity index (χ1) is 16.9. The summed E-state index contributed by atoms with van der Waals surface area (Å²) in [6.45, 7) is -1.35. The van der Waals surface area contributed by atoms with Crippen LogP contribution in [0.4, 0.5) is 5.69 Å². The van der Waals surface area contributed by atoms with Crippen LogP contribution in [-0.4, -0.2) is 25.5 Å². The van der Waals surface area contributed by atoms with E-state index in [2.05, 4.69) is 10.4 Å². The molecule has 0 saturated heterocycles. The standard InChI is InChI=1S/C25H26N2O8/c28-10-16-6-20(12-30)25(32)22(7-16)14-35-13-21-5-15(9-26-33)4-19(24(21)31)8-17-2-1-3-18(11-29)23(17)27-34/h1-7,28-32H,8-14H2. The van der Waals surface area contributed by atoms with E-state index in [1.165, 1.54) is 6.07 Å². The molecule has 10 heteroatoms. The van der Waals surface area contributed by atoms with Gasteiger partial charge in [-0.05, 0) is 51.7 Å². The van der Waals surface area contributed by atoms with Gasteiger partial charge in [0.25, 0.3) is 0 Å². The quantitative estimate of drug-likeness (QED) is 0.244. The Morgan fingerprint density at radius 2 is 1.26 bits per heavy atom. The zero-order valence-corrected chi connectivity index (χ0v) is 18.8. The SMILES string of the molecule is O=NCc1cc(COCc2cc(CO)cc(CO)c2O)c(O)c(Cc2cccc(CO)c2N=O)c1. The number of phenols is 2. The van der Waals surface area contributed by atoms with Crippen LogP contribution in [0.15, 0.2) is 52.8 Å². The molecule has 10 nitrogen and oxygen atoms in total. The third-order valence-electron chi connectivity index (χ3n) is 5.62. The highest BCUT2D eigenvalue weighted by atomic mass is 16.5. The predicted octanol–water partition coefficient (Wildman–Crippen LogP) is 3.55. The van der Waals surface area contributed by atoms with Gasteiger partial charge in [0.1, 0.15) is 23.7 Å². The lowest BCUT2D eigenvalue weighted by molar-refractivity contribution is 0.103. The number of aromatic hydroxyl groups is 2. The van der Waals surface area contributed by atoms with E-state index in [9.17, 15) is 35.3 Å². The van der Waals surface area contributed by atoms with Crippen molar-refractivity contribution in [1.29, 1.82) is 0 Å². The molecular formula is C25H26N2O8. The summed E-state index contributed by atoms with van der Waals surface area (Å²) in [5.41, 5.74) is 3.35. The van der Waals surface area contributed by atoms with Crippen molar-refractivity contribution in [3.63, 3.8) is 0 Å². The van der Waals surface area contributed by atoms with Crippen molar-refractivity contribution >= 4 is 5.69 Å². The summed E-state index contributed by atoms with van der Waals surface area (Å²) in [7, 11) is 0. The topological polar surface area (TPSA) is 169 Å². The Morgan fingerprint density at radius 3 is 1.86 bits per heavy atom. The summed E-state index contributed by atoms with van der Waals surface area (Å²) in [6, 6.07) is 11.1. The minimum Gasteiger partial charge on any atom is -0.507 e. The third kappa shape index (κ3) is 6.06. The van der Waals surface area contributed by atoms with Crippen molar-refractivity contribution in [2.75, 3.05) is 0 Å². The van der Waals surface area contributed by atoms with E-state index in [-0.39, 0.29) is 62.1 Å². The first-order valence-electron chi connectivity index (χ1n) is 10.8. The zero-order chi connectivity index (χ0) is 25.4. The van der Waals surface area contributed by atoms with Crippen LogP contribution in [0.3, 0.4) is 0 Å². The molecule has 0 aliphatic carbocycles. The number of hydrogen-bond acceptors (Lipinski definition) is 10. The van der Waals surface area contributed by atoms with E-state index in [1.807, 2.05) is 0 Å². The molecule has 184 valence electrons. The lowest BCUT2D eigenvalue weighted by Crippen LogP contribution is -2.02. The van der Waals surface area contributed by atoms with Crippen molar-refractivity contribution in [1.82, 2.24) is 0 Å². The molecule has 5 N–H and O–H groups in total. The lowest BCUT2D eigenvalue weighted by atomic mass is 9.96. The molecule has 0 saturated carbocycles. The first-order valence-corrected chi connectivity index (χ1v) is 10.8. The van der Waals surface area contributed by atoms with E-state index >= 15 is 0 Å². The van der Waals surface area contributed by atoms with Crippen LogP contribution in [0.25, 0.3) is 0 Å². The Bertz CT molecular complexity index is 1210. The summed E-state index contributed by atoms with van der Waals surface area (Å²) in [5.74, 6) is -0.249. The molecule has 0 heterocycles. The second-order valence-electron chi connectivity index (χ2n) is 7.97. The molecule has 0 amide bonds. The second-order valence-corrected chi connectivity index (χ2v) is 7.97. The number of hydrogen-bond donors (Lipinski definition) is 5. The Kier molecular flexibility index (Phi) is 8.98. The van der Waals surface area contributed by atoms with E-state index < -0.39 is 6.61 Å². The minimum atomic E-state index is -0.410. The van der Waals surface area contributed by atoms with Crippen LogP contribution in [0.2, 0.25) is 0 Å². The van der Waals surface area contributed by atoms with Crippen molar-refractivity contribution in [2.24, 2.45) is 10.4 Å². The van der Waals surface area contributed by atoms with Crippen molar-refractivity contribution < 1.29 is 30.3 Å². The molecule has 35 heavy (non-hydrogen) atoms. The normalized spacial score (nSPS) is 10.9. The molecule has 0 bridgehead atoms. The highest BCUT2D eigenvalue weighted by Gasteiger charge is 2.16. The fourth-order valence-corrected chi connectivity index (χ4v) is 3.90. The maximum Gasteiger partial charge on any atom is 0.126 e. The third-order valence-corrected chi connectivity index (χ3v) is 5.62. The van der Waals surface area contributed by atoms with Gasteiger partial charge in [-0.3, -0.25) is 0 Å². The maximum atomic E-state index is 11.4. The van der Waals surface area contributed by atoms with Crippen LogP contribution in [-0.2, 0) is 50.7 Å². The number of aliphatic hydroxyl groups is 3. The Hall–Kier alpha value is -3.70. The summed E-state index contributed by atoms with van der Waals surface area (Å²) in [6.07, 6.45) is 0.111. The van der Waals surface area contributed by atoms with E-state index in [1.54, 1.807) is 36.4 Å². The molecule has 3 aromatic rings. The van der Waals surface area contributed by atoms with Gasteiger partial charge in [-0.1, -0.05) is 23.4 Å². The van der Waals surface area contributed by atoms with Gasteiger partial charge in [-0.15, -0.1) is 4.91 Å². The monoisotopic (exact) mass is 482 g/mol. The van der Waals surface area contributed by atoms with E-state index in [4.69, 9.17) is 4.74 Å². The van der Waals surface area contributed by atoms with Crippen LogP contribution >= 0.6 is 0 Å².